The summed E-state index contributed by atoms with van der Waals surface area (Å²) in [5, 5.41) is 2.69. The zero-order valence-electron chi connectivity index (χ0n) is 21.3. The van der Waals surface area contributed by atoms with Gasteiger partial charge >= 0.3 is 0 Å². The van der Waals surface area contributed by atoms with E-state index in [1.807, 2.05) is 18.2 Å². The fourth-order valence-electron chi connectivity index (χ4n) is 4.18. The van der Waals surface area contributed by atoms with Crippen LogP contribution in [0.3, 0.4) is 0 Å². The second kappa shape index (κ2) is 10.5. The summed E-state index contributed by atoms with van der Waals surface area (Å²) >= 11 is 0. The van der Waals surface area contributed by atoms with Gasteiger partial charge in [0.15, 0.2) is 0 Å². The van der Waals surface area contributed by atoms with Crippen molar-refractivity contribution in [3.8, 4) is 29.1 Å². The SMILES string of the molecule is CC(=O)N1CC(F)(C#Cc2ccc3c(c2)N(C)C(=O)[C@@H](NC(=O)c2cc(Oc4ccccc4)ccn2)CO3)C1. The second-order valence-electron chi connectivity index (χ2n) is 9.30. The van der Waals surface area contributed by atoms with Crippen LogP contribution in [-0.2, 0) is 9.59 Å². The summed E-state index contributed by atoms with van der Waals surface area (Å²) in [6, 6.07) is 16.2. The molecule has 1 fully saturated rings. The van der Waals surface area contributed by atoms with E-state index in [0.29, 0.717) is 28.5 Å². The maximum Gasteiger partial charge on any atom is 0.270 e. The van der Waals surface area contributed by atoms with Crippen molar-refractivity contribution in [1.82, 2.24) is 15.2 Å². The summed E-state index contributed by atoms with van der Waals surface area (Å²) in [4.78, 5) is 44.4. The Morgan fingerprint density at radius 1 is 1.13 bits per heavy atom. The van der Waals surface area contributed by atoms with Gasteiger partial charge in [-0.25, -0.2) is 4.39 Å². The van der Waals surface area contributed by atoms with Gasteiger partial charge in [-0.1, -0.05) is 30.0 Å². The Bertz CT molecular complexity index is 1490. The number of para-hydroxylation sites is 1. The molecule has 3 amide bonds. The van der Waals surface area contributed by atoms with Crippen LogP contribution in [0.25, 0.3) is 0 Å². The summed E-state index contributed by atoms with van der Waals surface area (Å²) in [6.07, 6.45) is 1.45. The lowest BCUT2D eigenvalue weighted by Gasteiger charge is -2.40. The van der Waals surface area contributed by atoms with Crippen molar-refractivity contribution < 1.29 is 28.2 Å². The first kappa shape index (κ1) is 25.7. The van der Waals surface area contributed by atoms with E-state index < -0.39 is 23.5 Å². The number of ether oxygens (including phenoxy) is 2. The number of hydrogen-bond acceptors (Lipinski definition) is 6. The van der Waals surface area contributed by atoms with Gasteiger partial charge in [-0.05, 0) is 36.4 Å². The van der Waals surface area contributed by atoms with Crippen LogP contribution in [-0.4, -0.2) is 66.1 Å². The number of nitrogens with zero attached hydrogens (tertiary/aromatic N) is 3. The lowest BCUT2D eigenvalue weighted by molar-refractivity contribution is -0.139. The fourth-order valence-corrected chi connectivity index (χ4v) is 4.18. The van der Waals surface area contributed by atoms with E-state index in [0.717, 1.165) is 0 Å². The number of likely N-dealkylation sites (N-methyl/N-ethyl adjacent to an activating group) is 1. The van der Waals surface area contributed by atoms with Crippen molar-refractivity contribution in [3.63, 3.8) is 0 Å². The Morgan fingerprint density at radius 3 is 2.64 bits per heavy atom. The van der Waals surface area contributed by atoms with Gasteiger partial charge in [0, 0.05) is 31.8 Å². The summed E-state index contributed by atoms with van der Waals surface area (Å²) in [7, 11) is 1.56. The molecule has 198 valence electrons. The van der Waals surface area contributed by atoms with Gasteiger partial charge < -0.3 is 24.6 Å². The minimum absolute atomic E-state index is 0.0701. The first-order valence-electron chi connectivity index (χ1n) is 12.2. The average Bonchev–Trinajstić information content (AvgIpc) is 3.03. The van der Waals surface area contributed by atoms with Crippen molar-refractivity contribution in [2.75, 3.05) is 31.6 Å². The summed E-state index contributed by atoms with van der Waals surface area (Å²) in [5.41, 5.74) is -0.759. The van der Waals surface area contributed by atoms with Crippen LogP contribution in [0.15, 0.2) is 66.9 Å². The highest BCUT2D eigenvalue weighted by Gasteiger charge is 2.43. The van der Waals surface area contributed by atoms with Gasteiger partial charge in [-0.2, -0.15) is 0 Å². The first-order chi connectivity index (χ1) is 18.7. The molecule has 2 aliphatic rings. The molecule has 1 saturated heterocycles. The van der Waals surface area contributed by atoms with E-state index in [9.17, 15) is 18.8 Å². The number of nitrogens with one attached hydrogen (secondary N) is 1. The molecule has 0 aliphatic carbocycles. The number of likely N-dealkylation sites (tertiary alicyclic amines) is 1. The molecule has 1 aromatic heterocycles. The Morgan fingerprint density at radius 2 is 1.90 bits per heavy atom. The van der Waals surface area contributed by atoms with Gasteiger partial charge in [0.1, 0.15) is 35.6 Å². The van der Waals surface area contributed by atoms with Crippen molar-refractivity contribution in [1.29, 1.82) is 0 Å². The standard InChI is InChI=1S/C29H25FN4O5/c1-19(35)34-17-29(30,18-34)12-10-20-8-9-26-25(14-20)33(2)28(37)24(16-38-26)32-27(36)23-15-22(11-13-31-23)39-21-6-4-3-5-7-21/h3-9,11,13-15,24H,16-18H2,1-2H3,(H,32,36)/t24-/m0/s1. The molecule has 9 nitrogen and oxygen atoms in total. The number of fused-ring (bicyclic) bond motifs is 1. The Kier molecular flexibility index (Phi) is 6.90. The van der Waals surface area contributed by atoms with Crippen LogP contribution < -0.4 is 19.7 Å². The third-order valence-corrected chi connectivity index (χ3v) is 6.36. The predicted molar refractivity (Wildman–Crippen MR) is 140 cm³/mol. The molecule has 3 heterocycles. The minimum atomic E-state index is -1.76. The monoisotopic (exact) mass is 528 g/mol. The number of benzene rings is 2. The summed E-state index contributed by atoms with van der Waals surface area (Å²) in [5.74, 6) is 5.68. The number of carbonyl (C=O) groups excluding carboxylic acids is 3. The minimum Gasteiger partial charge on any atom is -0.489 e. The maximum atomic E-state index is 14.7. The third-order valence-electron chi connectivity index (χ3n) is 6.36. The molecule has 1 atom stereocenters. The van der Waals surface area contributed by atoms with Crippen LogP contribution in [0.1, 0.15) is 23.0 Å². The molecule has 0 saturated carbocycles. The molecule has 5 rings (SSSR count). The molecule has 0 radical (unpaired) electrons. The van der Waals surface area contributed by atoms with Crippen molar-refractivity contribution in [2.24, 2.45) is 0 Å². The van der Waals surface area contributed by atoms with Gasteiger partial charge in [0.25, 0.3) is 11.8 Å². The van der Waals surface area contributed by atoms with Gasteiger partial charge in [0.05, 0.1) is 18.8 Å². The van der Waals surface area contributed by atoms with Crippen molar-refractivity contribution in [3.05, 3.63) is 78.1 Å². The number of pyridine rings is 1. The van der Waals surface area contributed by atoms with E-state index in [1.165, 1.54) is 29.0 Å². The molecule has 1 N–H and O–H groups in total. The molecule has 2 aliphatic heterocycles. The predicted octanol–water partition coefficient (Wildman–Crippen LogP) is 2.95. The maximum absolute atomic E-state index is 14.7. The lowest BCUT2D eigenvalue weighted by Crippen LogP contribution is -2.59. The van der Waals surface area contributed by atoms with E-state index in [-0.39, 0.29) is 31.3 Å². The van der Waals surface area contributed by atoms with Crippen LogP contribution in [0.2, 0.25) is 0 Å². The molecule has 0 spiro atoms. The first-order valence-corrected chi connectivity index (χ1v) is 12.2. The van der Waals surface area contributed by atoms with Crippen molar-refractivity contribution in [2.45, 2.75) is 18.6 Å². The molecule has 10 heteroatoms. The topological polar surface area (TPSA) is 101 Å². The van der Waals surface area contributed by atoms with Crippen LogP contribution in [0.4, 0.5) is 10.1 Å². The number of carbonyl (C=O) groups is 3. The number of rotatable bonds is 4. The van der Waals surface area contributed by atoms with Gasteiger partial charge in [-0.15, -0.1) is 0 Å². The number of anilines is 1. The average molecular weight is 529 g/mol. The van der Waals surface area contributed by atoms with E-state index in [2.05, 4.69) is 22.1 Å². The van der Waals surface area contributed by atoms with E-state index >= 15 is 0 Å². The van der Waals surface area contributed by atoms with Crippen molar-refractivity contribution >= 4 is 23.4 Å². The highest BCUT2D eigenvalue weighted by Crippen LogP contribution is 2.32. The van der Waals surface area contributed by atoms with Crippen LogP contribution in [0.5, 0.6) is 17.2 Å². The normalized spacial score (nSPS) is 17.4. The third kappa shape index (κ3) is 5.67. The Labute approximate surface area is 224 Å². The molecular weight excluding hydrogens is 503 g/mol. The van der Waals surface area contributed by atoms with Crippen LogP contribution in [0, 0.1) is 11.8 Å². The Hall–Kier alpha value is -4.91. The molecule has 0 bridgehead atoms. The quantitative estimate of drug-likeness (QED) is 0.523. The van der Waals surface area contributed by atoms with Crippen LogP contribution >= 0.6 is 0 Å². The molecular formula is C29H25FN4O5. The number of halogens is 1. The van der Waals surface area contributed by atoms with E-state index in [1.54, 1.807) is 43.4 Å². The van der Waals surface area contributed by atoms with Gasteiger partial charge in [-0.3, -0.25) is 19.4 Å². The summed E-state index contributed by atoms with van der Waals surface area (Å²) in [6.45, 7) is 1.15. The number of hydrogen-bond donors (Lipinski definition) is 1. The smallest absolute Gasteiger partial charge is 0.270 e. The lowest BCUT2D eigenvalue weighted by atomic mass is 9.96. The second-order valence-corrected chi connectivity index (χ2v) is 9.30. The largest absolute Gasteiger partial charge is 0.489 e. The zero-order valence-corrected chi connectivity index (χ0v) is 21.3. The van der Waals surface area contributed by atoms with Gasteiger partial charge in [0.2, 0.25) is 11.6 Å². The molecule has 3 aromatic rings. The summed E-state index contributed by atoms with van der Waals surface area (Å²) < 4.78 is 26.3. The Balaban J connectivity index is 1.27. The molecule has 39 heavy (non-hydrogen) atoms. The zero-order chi connectivity index (χ0) is 27.6. The fraction of sp³-hybridized carbons (Fsp3) is 0.241. The number of aromatic nitrogens is 1. The molecule has 0 unspecified atom stereocenters. The molecule has 2 aromatic carbocycles. The number of alkyl halides is 1. The highest BCUT2D eigenvalue weighted by molar-refractivity contribution is 6.03. The highest BCUT2D eigenvalue weighted by atomic mass is 19.1. The number of amides is 3. The van der Waals surface area contributed by atoms with E-state index in [4.69, 9.17) is 9.47 Å².